The van der Waals surface area contributed by atoms with Crippen LogP contribution in [0.2, 0.25) is 0 Å². The number of ether oxygens (including phenoxy) is 1. The minimum absolute atomic E-state index is 0.0513. The number of aryl methyl sites for hydroxylation is 2. The van der Waals surface area contributed by atoms with Gasteiger partial charge in [0.15, 0.2) is 11.5 Å². The monoisotopic (exact) mass is 520 g/mol. The molecule has 196 valence electrons. The molecular weight excluding hydrogens is 494 g/mol. The van der Waals surface area contributed by atoms with E-state index >= 15 is 8.78 Å². The van der Waals surface area contributed by atoms with Gasteiger partial charge in [0.05, 0.1) is 35.2 Å². The van der Waals surface area contributed by atoms with Crippen LogP contribution in [-0.2, 0) is 16.1 Å². The van der Waals surface area contributed by atoms with Crippen molar-refractivity contribution in [2.75, 3.05) is 26.0 Å². The first-order valence-electron chi connectivity index (χ1n) is 12.1. The molecule has 2 N–H and O–H groups in total. The zero-order chi connectivity index (χ0) is 27.1. The molecule has 4 heterocycles. The van der Waals surface area contributed by atoms with Crippen LogP contribution in [0.3, 0.4) is 0 Å². The minimum Gasteiger partial charge on any atom is -0.383 e. The predicted molar refractivity (Wildman–Crippen MR) is 137 cm³/mol. The summed E-state index contributed by atoms with van der Waals surface area (Å²) in [5, 5.41) is 4.97. The topological polar surface area (TPSA) is 117 Å². The van der Waals surface area contributed by atoms with Crippen molar-refractivity contribution in [1.82, 2.24) is 34.2 Å². The number of rotatable bonds is 5. The molecule has 1 aromatic carbocycles. The van der Waals surface area contributed by atoms with Crippen LogP contribution in [0, 0.1) is 30.4 Å². The van der Waals surface area contributed by atoms with Gasteiger partial charge < -0.3 is 19.9 Å². The molecule has 1 amide bonds. The zero-order valence-corrected chi connectivity index (χ0v) is 21.2. The van der Waals surface area contributed by atoms with Crippen LogP contribution in [0.1, 0.15) is 36.5 Å². The van der Waals surface area contributed by atoms with Crippen LogP contribution >= 0.6 is 0 Å². The van der Waals surface area contributed by atoms with Crippen molar-refractivity contribution in [3.05, 3.63) is 53.8 Å². The summed E-state index contributed by atoms with van der Waals surface area (Å²) < 4.78 is 39.0. The summed E-state index contributed by atoms with van der Waals surface area (Å²) in [5.74, 6) is 4.21. The molecule has 1 saturated heterocycles. The molecule has 4 aromatic rings. The van der Waals surface area contributed by atoms with Gasteiger partial charge in [-0.3, -0.25) is 4.79 Å². The molecule has 12 heteroatoms. The van der Waals surface area contributed by atoms with E-state index in [-0.39, 0.29) is 35.0 Å². The number of carbonyl (C=O) groups excluding carboxylic acids is 1. The molecule has 10 nitrogen and oxygen atoms in total. The van der Waals surface area contributed by atoms with Crippen molar-refractivity contribution < 1.29 is 18.3 Å². The Balaban J connectivity index is 1.60. The number of benzene rings is 1. The molecule has 0 bridgehead atoms. The average Bonchev–Trinajstić information content (AvgIpc) is 3.57. The molecule has 38 heavy (non-hydrogen) atoms. The first kappa shape index (κ1) is 25.3. The number of halogens is 2. The summed E-state index contributed by atoms with van der Waals surface area (Å²) in [7, 11) is 1.57. The van der Waals surface area contributed by atoms with Crippen LogP contribution in [0.4, 0.5) is 14.6 Å². The maximum atomic E-state index is 15.3. The molecular formula is C26H26F2N8O2. The fourth-order valence-corrected chi connectivity index (χ4v) is 5.08. The van der Waals surface area contributed by atoms with Crippen LogP contribution in [-0.4, -0.2) is 66.4 Å². The third kappa shape index (κ3) is 4.05. The fraction of sp³-hybridized carbons (Fsp3) is 0.346. The second-order valence-corrected chi connectivity index (χ2v) is 9.01. The fourth-order valence-electron chi connectivity index (χ4n) is 5.08. The highest BCUT2D eigenvalue weighted by Crippen LogP contribution is 2.32. The smallest absolute Gasteiger partial charge is 0.246 e. The van der Waals surface area contributed by atoms with Crippen LogP contribution in [0.5, 0.6) is 0 Å². The lowest BCUT2D eigenvalue weighted by atomic mass is 10.1. The molecule has 0 radical (unpaired) electrons. The summed E-state index contributed by atoms with van der Waals surface area (Å²) in [6, 6.07) is 0.779. The summed E-state index contributed by atoms with van der Waals surface area (Å²) in [6.07, 6.45) is 3.11. The number of anilines is 1. The number of amides is 1. The number of hydrogen-bond acceptors (Lipinski definition) is 7. The van der Waals surface area contributed by atoms with Crippen LogP contribution in [0.25, 0.3) is 22.1 Å². The molecule has 1 aliphatic rings. The zero-order valence-electron chi connectivity index (χ0n) is 21.2. The highest BCUT2D eigenvalue weighted by molar-refractivity contribution is 5.91. The van der Waals surface area contributed by atoms with Crippen molar-refractivity contribution >= 4 is 33.8 Å². The summed E-state index contributed by atoms with van der Waals surface area (Å²) in [5.41, 5.74) is 6.72. The van der Waals surface area contributed by atoms with Crippen LogP contribution < -0.4 is 5.73 Å². The van der Waals surface area contributed by atoms with Crippen molar-refractivity contribution in [3.8, 4) is 11.8 Å². The largest absolute Gasteiger partial charge is 0.383 e. The lowest BCUT2D eigenvalue weighted by Gasteiger charge is -2.22. The van der Waals surface area contributed by atoms with E-state index < -0.39 is 17.2 Å². The Labute approximate surface area is 217 Å². The van der Waals surface area contributed by atoms with Gasteiger partial charge in [-0.15, -0.1) is 0 Å². The van der Waals surface area contributed by atoms with E-state index in [0.29, 0.717) is 48.5 Å². The number of likely N-dealkylation sites (tertiary alicyclic amines) is 1. The van der Waals surface area contributed by atoms with Gasteiger partial charge in [0.2, 0.25) is 5.91 Å². The number of nitrogens with two attached hydrogens (primary N) is 1. The number of nitrogen functional groups attached to an aromatic ring is 1. The van der Waals surface area contributed by atoms with E-state index in [1.165, 1.54) is 18.5 Å². The second kappa shape index (κ2) is 9.83. The van der Waals surface area contributed by atoms with E-state index in [0.717, 1.165) is 0 Å². The Kier molecular flexibility index (Phi) is 6.54. The molecule has 1 aliphatic heterocycles. The van der Waals surface area contributed by atoms with Crippen LogP contribution in [0.15, 0.2) is 25.0 Å². The Hall–Kier alpha value is -4.37. The van der Waals surface area contributed by atoms with Gasteiger partial charge in [0.1, 0.15) is 35.0 Å². The lowest BCUT2D eigenvalue weighted by molar-refractivity contribution is -0.127. The lowest BCUT2D eigenvalue weighted by Crippen LogP contribution is -2.37. The predicted octanol–water partition coefficient (Wildman–Crippen LogP) is 2.74. The molecule has 0 saturated carbocycles. The maximum Gasteiger partial charge on any atom is 0.246 e. The van der Waals surface area contributed by atoms with Gasteiger partial charge in [-0.25, -0.2) is 28.4 Å². The molecule has 0 spiro atoms. The van der Waals surface area contributed by atoms with Gasteiger partial charge in [0, 0.05) is 26.3 Å². The highest BCUT2D eigenvalue weighted by atomic mass is 19.1. The molecule has 0 aliphatic carbocycles. The average molecular weight is 521 g/mol. The van der Waals surface area contributed by atoms with E-state index in [4.69, 9.17) is 10.5 Å². The van der Waals surface area contributed by atoms with Gasteiger partial charge in [-0.1, -0.05) is 12.5 Å². The van der Waals surface area contributed by atoms with E-state index in [2.05, 4.69) is 38.5 Å². The summed E-state index contributed by atoms with van der Waals surface area (Å²) in [6.45, 7) is 8.40. The minimum atomic E-state index is -0.840. The van der Waals surface area contributed by atoms with Gasteiger partial charge in [0.25, 0.3) is 0 Å². The van der Waals surface area contributed by atoms with Gasteiger partial charge >= 0.3 is 0 Å². The number of carbonyl (C=O) groups is 1. The summed E-state index contributed by atoms with van der Waals surface area (Å²) in [4.78, 5) is 26.8. The number of imidazole rings is 1. The third-order valence-corrected chi connectivity index (χ3v) is 6.82. The molecule has 1 fully saturated rings. The highest BCUT2D eigenvalue weighted by Gasteiger charge is 2.37. The van der Waals surface area contributed by atoms with E-state index in [1.54, 1.807) is 28.2 Å². The van der Waals surface area contributed by atoms with E-state index in [9.17, 15) is 4.79 Å². The van der Waals surface area contributed by atoms with Crippen molar-refractivity contribution in [2.24, 2.45) is 0 Å². The number of fused-ring (bicyclic) bond motifs is 2. The van der Waals surface area contributed by atoms with Crippen molar-refractivity contribution in [2.45, 2.75) is 38.9 Å². The third-order valence-electron chi connectivity index (χ3n) is 6.82. The van der Waals surface area contributed by atoms with Gasteiger partial charge in [-0.05, 0) is 32.3 Å². The molecule has 3 aromatic heterocycles. The molecule has 5 rings (SSSR count). The second-order valence-electron chi connectivity index (χ2n) is 9.01. The Morgan fingerprint density at radius 3 is 2.84 bits per heavy atom. The normalized spacial score (nSPS) is 17.2. The maximum absolute atomic E-state index is 15.3. The first-order valence-corrected chi connectivity index (χ1v) is 12.1. The molecule has 2 atom stereocenters. The number of aromatic nitrogens is 6. The number of hydrogen-bond donors (Lipinski definition) is 1. The standard InChI is InChI=1S/C26H26F2N8O2/c1-5-21(37)35-11-15(9-16(35)12-38-4)36-26-22(25(29)30-13-31-26)19(33-36)8-7-17-18(27)10-20-24(23(17)28)32-14(3)34(20)6-2/h5,10,13,15-16H,1,6,9,11-12H2,2-4H3,(H2,29,30,31)/t15-,16+/m0/s1. The Bertz CT molecular complexity index is 1650. The molecule has 0 unspecified atom stereocenters. The SMILES string of the molecule is C=CC(=O)N1C[C@@H](n2nc(C#Cc3c(F)cc4c(nc(C)n4CC)c3F)c3c(N)ncnc32)C[C@@H]1COC. The number of methoxy groups -OCH3 is 1. The quantitative estimate of drug-likeness (QED) is 0.318. The number of nitrogens with zero attached hydrogens (tertiary/aromatic N) is 7. The van der Waals surface area contributed by atoms with E-state index in [1.807, 2.05) is 6.92 Å². The summed E-state index contributed by atoms with van der Waals surface area (Å²) >= 11 is 0. The van der Waals surface area contributed by atoms with Gasteiger partial charge in [-0.2, -0.15) is 5.10 Å². The van der Waals surface area contributed by atoms with Crippen molar-refractivity contribution in [3.63, 3.8) is 0 Å². The first-order chi connectivity index (χ1) is 18.3. The van der Waals surface area contributed by atoms with Crippen molar-refractivity contribution in [1.29, 1.82) is 0 Å². The Morgan fingerprint density at radius 2 is 2.13 bits per heavy atom. The Morgan fingerprint density at radius 1 is 1.34 bits per heavy atom.